The van der Waals surface area contributed by atoms with Crippen LogP contribution in [-0.2, 0) is 15.2 Å². The lowest BCUT2D eigenvalue weighted by Crippen LogP contribution is -2.16. The van der Waals surface area contributed by atoms with Gasteiger partial charge in [0, 0.05) is 22.7 Å². The number of aromatic nitrogens is 1. The number of thioether (sulfide) groups is 1. The predicted molar refractivity (Wildman–Crippen MR) is 93.0 cm³/mol. The van der Waals surface area contributed by atoms with Crippen LogP contribution in [0.3, 0.4) is 0 Å². The number of hydrogen-bond donors (Lipinski definition) is 0. The van der Waals surface area contributed by atoms with Crippen molar-refractivity contribution in [2.45, 2.75) is 18.1 Å². The number of esters is 2. The molecule has 3 rings (SSSR count). The lowest BCUT2D eigenvalue weighted by atomic mass is 10.1. The summed E-state index contributed by atoms with van der Waals surface area (Å²) in [5.41, 5.74) is 2.07. The smallest absolute Gasteiger partial charge is 0.340 e. The number of methoxy groups -OCH3 is 2. The van der Waals surface area contributed by atoms with Crippen molar-refractivity contribution >= 4 is 29.5 Å². The Kier molecular flexibility index (Phi) is 4.67. The zero-order valence-corrected chi connectivity index (χ0v) is 14.9. The number of nitrogens with zero attached hydrogens (tertiary/aromatic N) is 1. The Hall–Kier alpha value is -2.54. The van der Waals surface area contributed by atoms with Crippen LogP contribution in [0.2, 0.25) is 0 Å². The molecule has 0 fully saturated rings. The molecule has 1 aliphatic rings. The molecule has 130 valence electrons. The molecule has 0 aliphatic carbocycles. The molecular weight excluding hydrogens is 342 g/mol. The van der Waals surface area contributed by atoms with Crippen molar-refractivity contribution < 1.29 is 23.9 Å². The first kappa shape index (κ1) is 17.3. The van der Waals surface area contributed by atoms with Crippen LogP contribution in [0.1, 0.15) is 47.8 Å². The molecule has 1 aromatic carbocycles. The van der Waals surface area contributed by atoms with Crippen molar-refractivity contribution in [2.75, 3.05) is 14.2 Å². The molecule has 0 radical (unpaired) electrons. The molecule has 2 heterocycles. The summed E-state index contributed by atoms with van der Waals surface area (Å²) in [7, 11) is 2.52. The fourth-order valence-electron chi connectivity index (χ4n) is 3.07. The van der Waals surface area contributed by atoms with Gasteiger partial charge in [0.2, 0.25) is 0 Å². The van der Waals surface area contributed by atoms with Gasteiger partial charge in [-0.3, -0.25) is 4.79 Å². The number of ketones is 1. The van der Waals surface area contributed by atoms with Gasteiger partial charge in [0.05, 0.1) is 25.3 Å². The van der Waals surface area contributed by atoms with Crippen molar-refractivity contribution in [3.05, 3.63) is 58.4 Å². The van der Waals surface area contributed by atoms with Gasteiger partial charge in [-0.15, -0.1) is 11.8 Å². The van der Waals surface area contributed by atoms with Gasteiger partial charge in [-0.2, -0.15) is 0 Å². The molecule has 7 heteroatoms. The van der Waals surface area contributed by atoms with E-state index in [-0.39, 0.29) is 16.9 Å². The number of hydrogen-bond acceptors (Lipinski definition) is 6. The maximum atomic E-state index is 12.9. The standard InChI is InChI=1S/C18H17NO5S/c1-10-13(17(21)23-2)14(18(22)24-3)12-9-25-16(19(10)12)15(20)11-7-5-4-6-8-11/h4-8,16H,9H2,1-3H3/t16-/m1/s1. The van der Waals surface area contributed by atoms with Crippen molar-refractivity contribution in [3.8, 4) is 0 Å². The normalized spacial score (nSPS) is 15.6. The highest BCUT2D eigenvalue weighted by atomic mass is 32.2. The van der Waals surface area contributed by atoms with E-state index in [4.69, 9.17) is 9.47 Å². The van der Waals surface area contributed by atoms with Crippen molar-refractivity contribution in [3.63, 3.8) is 0 Å². The zero-order valence-electron chi connectivity index (χ0n) is 14.1. The van der Waals surface area contributed by atoms with Crippen molar-refractivity contribution in [2.24, 2.45) is 0 Å². The van der Waals surface area contributed by atoms with Gasteiger partial charge in [0.1, 0.15) is 5.37 Å². The second-order valence-corrected chi connectivity index (χ2v) is 6.60. The highest BCUT2D eigenvalue weighted by Crippen LogP contribution is 2.43. The Balaban J connectivity index is 2.14. The van der Waals surface area contributed by atoms with Crippen LogP contribution in [-0.4, -0.2) is 36.5 Å². The SMILES string of the molecule is COC(=O)c1c(C(=O)OC)c2n(c1C)[C@@H](C(=O)c1ccccc1)SC2. The van der Waals surface area contributed by atoms with Gasteiger partial charge in [-0.25, -0.2) is 9.59 Å². The Morgan fingerprint density at radius 3 is 2.24 bits per heavy atom. The third kappa shape index (κ3) is 2.74. The van der Waals surface area contributed by atoms with Crippen LogP contribution in [0.4, 0.5) is 0 Å². The van der Waals surface area contributed by atoms with Gasteiger partial charge in [0.15, 0.2) is 5.78 Å². The second kappa shape index (κ2) is 6.76. The minimum Gasteiger partial charge on any atom is -0.465 e. The molecule has 0 unspecified atom stereocenters. The van der Waals surface area contributed by atoms with E-state index in [2.05, 4.69) is 0 Å². The Morgan fingerprint density at radius 2 is 1.64 bits per heavy atom. The zero-order chi connectivity index (χ0) is 18.1. The predicted octanol–water partition coefficient (Wildman–Crippen LogP) is 3.00. The van der Waals surface area contributed by atoms with E-state index < -0.39 is 17.3 Å². The summed E-state index contributed by atoms with van der Waals surface area (Å²) in [6.07, 6.45) is 0. The molecule has 0 saturated carbocycles. The van der Waals surface area contributed by atoms with Crippen molar-refractivity contribution in [1.82, 2.24) is 4.57 Å². The summed E-state index contributed by atoms with van der Waals surface area (Å²) < 4.78 is 11.4. The van der Waals surface area contributed by atoms with E-state index in [1.54, 1.807) is 35.8 Å². The second-order valence-electron chi connectivity index (χ2n) is 5.53. The molecule has 2 aromatic rings. The van der Waals surface area contributed by atoms with Crippen LogP contribution in [0, 0.1) is 6.92 Å². The number of rotatable bonds is 4. The van der Waals surface area contributed by atoms with E-state index in [9.17, 15) is 14.4 Å². The van der Waals surface area contributed by atoms with E-state index in [0.717, 1.165) is 0 Å². The van der Waals surface area contributed by atoms with Crippen LogP contribution >= 0.6 is 11.8 Å². The average molecular weight is 359 g/mol. The van der Waals surface area contributed by atoms with Gasteiger partial charge in [0.25, 0.3) is 0 Å². The van der Waals surface area contributed by atoms with Crippen LogP contribution in [0.15, 0.2) is 30.3 Å². The van der Waals surface area contributed by atoms with Crippen LogP contribution in [0.25, 0.3) is 0 Å². The van der Waals surface area contributed by atoms with E-state index >= 15 is 0 Å². The van der Waals surface area contributed by atoms with E-state index in [1.807, 2.05) is 6.07 Å². The molecule has 0 bridgehead atoms. The number of Topliss-reactive ketones (excluding diaryl/α,β-unsaturated/α-hetero) is 1. The topological polar surface area (TPSA) is 74.6 Å². The quantitative estimate of drug-likeness (QED) is 0.617. The first-order chi connectivity index (χ1) is 12.0. The minimum absolute atomic E-state index is 0.0738. The third-order valence-corrected chi connectivity index (χ3v) is 5.41. The monoisotopic (exact) mass is 359 g/mol. The third-order valence-electron chi connectivity index (χ3n) is 4.23. The molecular formula is C18H17NO5S. The number of carbonyl (C=O) groups is 3. The van der Waals surface area contributed by atoms with Gasteiger partial charge >= 0.3 is 11.9 Å². The number of fused-ring (bicyclic) bond motifs is 1. The van der Waals surface area contributed by atoms with Crippen LogP contribution in [0.5, 0.6) is 0 Å². The molecule has 6 nitrogen and oxygen atoms in total. The largest absolute Gasteiger partial charge is 0.465 e. The Bertz CT molecular complexity index is 856. The molecule has 1 aliphatic heterocycles. The lowest BCUT2D eigenvalue weighted by molar-refractivity contribution is 0.0555. The maximum Gasteiger partial charge on any atom is 0.340 e. The fourth-order valence-corrected chi connectivity index (χ4v) is 4.39. The van der Waals surface area contributed by atoms with Gasteiger partial charge < -0.3 is 14.0 Å². The van der Waals surface area contributed by atoms with Crippen molar-refractivity contribution in [1.29, 1.82) is 0 Å². The van der Waals surface area contributed by atoms with Crippen LogP contribution < -0.4 is 0 Å². The molecule has 0 saturated heterocycles. The lowest BCUT2D eigenvalue weighted by Gasteiger charge is -2.14. The van der Waals surface area contributed by atoms with E-state index in [1.165, 1.54) is 26.0 Å². The highest BCUT2D eigenvalue weighted by Gasteiger charge is 2.39. The summed E-state index contributed by atoms with van der Waals surface area (Å²) >= 11 is 1.42. The number of ether oxygens (including phenoxy) is 2. The molecule has 1 atom stereocenters. The summed E-state index contributed by atoms with van der Waals surface area (Å²) in [5.74, 6) is -0.859. The first-order valence-corrected chi connectivity index (χ1v) is 8.67. The Labute approximate surface area is 149 Å². The number of carbonyl (C=O) groups excluding carboxylic acids is 3. The number of benzene rings is 1. The molecule has 0 spiro atoms. The molecule has 0 N–H and O–H groups in total. The molecule has 1 aromatic heterocycles. The minimum atomic E-state index is -0.615. The van der Waals surface area contributed by atoms with E-state index in [0.29, 0.717) is 22.7 Å². The summed E-state index contributed by atoms with van der Waals surface area (Å²) in [6, 6.07) is 8.95. The average Bonchev–Trinajstić information content (AvgIpc) is 3.19. The van der Waals surface area contributed by atoms with Gasteiger partial charge in [-0.1, -0.05) is 30.3 Å². The fraction of sp³-hybridized carbons (Fsp3) is 0.278. The molecule has 25 heavy (non-hydrogen) atoms. The molecule has 0 amide bonds. The summed E-state index contributed by atoms with van der Waals surface area (Å²) in [4.78, 5) is 37.3. The first-order valence-electron chi connectivity index (χ1n) is 7.62. The highest BCUT2D eigenvalue weighted by molar-refractivity contribution is 7.99. The Morgan fingerprint density at radius 1 is 1.04 bits per heavy atom. The van der Waals surface area contributed by atoms with Gasteiger partial charge in [-0.05, 0) is 6.92 Å². The summed E-state index contributed by atoms with van der Waals surface area (Å²) in [5, 5.41) is -0.529. The maximum absolute atomic E-state index is 12.9. The summed E-state index contributed by atoms with van der Waals surface area (Å²) in [6.45, 7) is 1.71.